The maximum atomic E-state index is 6.35. The number of rotatable bonds is 3. The van der Waals surface area contributed by atoms with E-state index in [4.69, 9.17) is 34.8 Å². The van der Waals surface area contributed by atoms with Gasteiger partial charge in [0.05, 0.1) is 27.3 Å². The number of para-hydroxylation sites is 1. The standard InChI is InChI=1S/C14H13Cl3N4/c1-3-20-14-12(8(2)19-20)18-11(7-15)21(14)13-9(16)5-4-6-10(13)17/h4-6H,3,7H2,1-2H3. The van der Waals surface area contributed by atoms with E-state index >= 15 is 0 Å². The fourth-order valence-corrected chi connectivity index (χ4v) is 3.21. The molecule has 0 saturated carbocycles. The first kappa shape index (κ1) is 14.7. The quantitative estimate of drug-likeness (QED) is 0.652. The van der Waals surface area contributed by atoms with Crippen LogP contribution >= 0.6 is 34.8 Å². The molecule has 0 fully saturated rings. The van der Waals surface area contributed by atoms with Crippen molar-refractivity contribution in [2.75, 3.05) is 0 Å². The van der Waals surface area contributed by atoms with Gasteiger partial charge in [-0.3, -0.25) is 4.57 Å². The van der Waals surface area contributed by atoms with Crippen LogP contribution in [-0.2, 0) is 12.4 Å². The van der Waals surface area contributed by atoms with Crippen LogP contribution in [0.1, 0.15) is 18.4 Å². The zero-order valence-electron chi connectivity index (χ0n) is 11.6. The largest absolute Gasteiger partial charge is 0.277 e. The molecule has 0 spiro atoms. The van der Waals surface area contributed by atoms with E-state index in [1.54, 1.807) is 12.1 Å². The average Bonchev–Trinajstić information content (AvgIpc) is 2.97. The minimum absolute atomic E-state index is 0.263. The monoisotopic (exact) mass is 342 g/mol. The smallest absolute Gasteiger partial charge is 0.163 e. The molecular formula is C14H13Cl3N4. The van der Waals surface area contributed by atoms with E-state index in [-0.39, 0.29) is 5.88 Å². The van der Waals surface area contributed by atoms with E-state index in [2.05, 4.69) is 10.1 Å². The Morgan fingerprint density at radius 3 is 2.43 bits per heavy atom. The van der Waals surface area contributed by atoms with E-state index in [0.29, 0.717) is 21.6 Å². The number of nitrogens with zero attached hydrogens (tertiary/aromatic N) is 4. The molecule has 7 heteroatoms. The Hall–Kier alpha value is -1.23. The third-order valence-electron chi connectivity index (χ3n) is 3.36. The number of fused-ring (bicyclic) bond motifs is 1. The minimum atomic E-state index is 0.263. The maximum Gasteiger partial charge on any atom is 0.163 e. The first-order valence-electron chi connectivity index (χ1n) is 6.53. The Morgan fingerprint density at radius 1 is 1.19 bits per heavy atom. The van der Waals surface area contributed by atoms with E-state index in [0.717, 1.165) is 23.4 Å². The molecular weight excluding hydrogens is 331 g/mol. The zero-order valence-corrected chi connectivity index (χ0v) is 13.8. The van der Waals surface area contributed by atoms with Crippen LogP contribution in [0.4, 0.5) is 0 Å². The van der Waals surface area contributed by atoms with Gasteiger partial charge in [-0.2, -0.15) is 5.10 Å². The molecule has 0 saturated heterocycles. The normalized spacial score (nSPS) is 11.5. The van der Waals surface area contributed by atoms with Gasteiger partial charge in [-0.1, -0.05) is 29.3 Å². The van der Waals surface area contributed by atoms with Crippen molar-refractivity contribution in [3.63, 3.8) is 0 Å². The molecule has 1 aromatic carbocycles. The highest BCUT2D eigenvalue weighted by molar-refractivity contribution is 6.37. The number of imidazole rings is 1. The van der Waals surface area contributed by atoms with E-state index in [1.165, 1.54) is 0 Å². The summed E-state index contributed by atoms with van der Waals surface area (Å²) in [4.78, 5) is 4.59. The van der Waals surface area contributed by atoms with Crippen molar-refractivity contribution >= 4 is 46.0 Å². The Balaban J connectivity index is 2.45. The Morgan fingerprint density at radius 2 is 1.86 bits per heavy atom. The van der Waals surface area contributed by atoms with Crippen LogP contribution in [0.3, 0.4) is 0 Å². The molecule has 0 aliphatic carbocycles. The fourth-order valence-electron chi connectivity index (χ4n) is 2.46. The number of aromatic nitrogens is 4. The summed E-state index contributed by atoms with van der Waals surface area (Å²) in [6.07, 6.45) is 0. The van der Waals surface area contributed by atoms with Crippen LogP contribution in [0.2, 0.25) is 10.0 Å². The molecule has 0 radical (unpaired) electrons. The Labute approximate surface area is 137 Å². The molecule has 110 valence electrons. The second kappa shape index (κ2) is 5.52. The molecule has 3 rings (SSSR count). The third-order valence-corrected chi connectivity index (χ3v) is 4.21. The molecule has 0 aliphatic heterocycles. The third kappa shape index (κ3) is 2.22. The number of aryl methyl sites for hydroxylation is 2. The van der Waals surface area contributed by atoms with Crippen molar-refractivity contribution in [1.29, 1.82) is 0 Å². The van der Waals surface area contributed by atoms with Crippen molar-refractivity contribution in [2.45, 2.75) is 26.3 Å². The summed E-state index contributed by atoms with van der Waals surface area (Å²) in [6.45, 7) is 4.68. The first-order valence-corrected chi connectivity index (χ1v) is 7.82. The van der Waals surface area contributed by atoms with Crippen LogP contribution in [0.25, 0.3) is 16.9 Å². The zero-order chi connectivity index (χ0) is 15.1. The second-order valence-electron chi connectivity index (χ2n) is 4.64. The predicted octanol–water partition coefficient (Wildman–Crippen LogP) is 4.60. The molecule has 0 amide bonds. The highest BCUT2D eigenvalue weighted by atomic mass is 35.5. The van der Waals surface area contributed by atoms with Gasteiger partial charge >= 0.3 is 0 Å². The molecule has 0 unspecified atom stereocenters. The first-order chi connectivity index (χ1) is 10.1. The SMILES string of the molecule is CCn1nc(C)c2nc(CCl)n(-c3c(Cl)cccc3Cl)c21. The lowest BCUT2D eigenvalue weighted by atomic mass is 10.3. The second-order valence-corrected chi connectivity index (χ2v) is 5.72. The summed E-state index contributed by atoms with van der Waals surface area (Å²) < 4.78 is 3.78. The molecule has 21 heavy (non-hydrogen) atoms. The van der Waals surface area contributed by atoms with Crippen molar-refractivity contribution in [2.24, 2.45) is 0 Å². The lowest BCUT2D eigenvalue weighted by Gasteiger charge is -2.12. The maximum absolute atomic E-state index is 6.35. The van der Waals surface area contributed by atoms with Gasteiger partial charge in [-0.25, -0.2) is 9.67 Å². The van der Waals surface area contributed by atoms with Crippen LogP contribution in [0, 0.1) is 6.92 Å². The molecule has 2 aromatic heterocycles. The number of hydrogen-bond acceptors (Lipinski definition) is 2. The average molecular weight is 344 g/mol. The lowest BCUT2D eigenvalue weighted by Crippen LogP contribution is -2.07. The molecule has 0 bridgehead atoms. The van der Waals surface area contributed by atoms with Gasteiger partial charge in [0.15, 0.2) is 5.65 Å². The van der Waals surface area contributed by atoms with Crippen molar-refractivity contribution in [3.05, 3.63) is 39.8 Å². The summed E-state index contributed by atoms with van der Waals surface area (Å²) >= 11 is 18.8. The van der Waals surface area contributed by atoms with Gasteiger partial charge in [-0.05, 0) is 26.0 Å². The van der Waals surface area contributed by atoms with Crippen LogP contribution < -0.4 is 0 Å². The van der Waals surface area contributed by atoms with Crippen LogP contribution in [0.15, 0.2) is 18.2 Å². The van der Waals surface area contributed by atoms with Crippen molar-refractivity contribution in [1.82, 2.24) is 19.3 Å². The highest BCUT2D eigenvalue weighted by Gasteiger charge is 2.21. The van der Waals surface area contributed by atoms with Gasteiger partial charge < -0.3 is 0 Å². The molecule has 2 heterocycles. The van der Waals surface area contributed by atoms with E-state index in [1.807, 2.05) is 29.2 Å². The summed E-state index contributed by atoms with van der Waals surface area (Å²) in [7, 11) is 0. The molecule has 0 aliphatic rings. The number of alkyl halides is 1. The number of hydrogen-bond donors (Lipinski definition) is 0. The topological polar surface area (TPSA) is 35.6 Å². The number of halogens is 3. The summed E-state index contributed by atoms with van der Waals surface area (Å²) in [5.41, 5.74) is 3.23. The summed E-state index contributed by atoms with van der Waals surface area (Å²) in [5, 5.41) is 5.59. The van der Waals surface area contributed by atoms with Crippen molar-refractivity contribution < 1.29 is 0 Å². The van der Waals surface area contributed by atoms with E-state index in [9.17, 15) is 0 Å². The minimum Gasteiger partial charge on any atom is -0.277 e. The molecule has 3 aromatic rings. The van der Waals surface area contributed by atoms with Crippen molar-refractivity contribution in [3.8, 4) is 5.69 Å². The number of benzene rings is 1. The van der Waals surface area contributed by atoms with E-state index < -0.39 is 0 Å². The van der Waals surface area contributed by atoms with Crippen LogP contribution in [-0.4, -0.2) is 19.3 Å². The van der Waals surface area contributed by atoms with Crippen LogP contribution in [0.5, 0.6) is 0 Å². The van der Waals surface area contributed by atoms with Gasteiger partial charge in [0, 0.05) is 6.54 Å². The van der Waals surface area contributed by atoms with Gasteiger partial charge in [-0.15, -0.1) is 11.6 Å². The predicted molar refractivity (Wildman–Crippen MR) is 86.8 cm³/mol. The Kier molecular flexibility index (Phi) is 3.86. The molecule has 0 atom stereocenters. The summed E-state index contributed by atoms with van der Waals surface area (Å²) in [5.74, 6) is 0.962. The molecule has 4 nitrogen and oxygen atoms in total. The fraction of sp³-hybridized carbons (Fsp3) is 0.286. The summed E-state index contributed by atoms with van der Waals surface area (Å²) in [6, 6.07) is 5.41. The van der Waals surface area contributed by atoms with Gasteiger partial charge in [0.2, 0.25) is 0 Å². The Bertz CT molecular complexity index is 799. The molecule has 0 N–H and O–H groups in total. The van der Waals surface area contributed by atoms with Gasteiger partial charge in [0.25, 0.3) is 0 Å². The lowest BCUT2D eigenvalue weighted by molar-refractivity contribution is 0.660. The highest BCUT2D eigenvalue weighted by Crippen LogP contribution is 2.33. The van der Waals surface area contributed by atoms with Gasteiger partial charge in [0.1, 0.15) is 11.3 Å².